The average molecular weight is 366 g/mol. The van der Waals surface area contributed by atoms with Crippen molar-refractivity contribution in [3.8, 4) is 0 Å². The monoisotopic (exact) mass is 365 g/mol. The Hall–Kier alpha value is -1.69. The van der Waals surface area contributed by atoms with E-state index in [9.17, 15) is 4.79 Å². The molecule has 1 heterocycles. The normalized spacial score (nSPS) is 10.6. The molecule has 1 N–H and O–H groups in total. The fourth-order valence-electron chi connectivity index (χ4n) is 2.06. The number of carbonyl (C=O) groups is 1. The molecule has 0 unspecified atom stereocenters. The Morgan fingerprint density at radius 2 is 2.14 bits per heavy atom. The van der Waals surface area contributed by atoms with Crippen molar-refractivity contribution in [2.45, 2.75) is 39.0 Å². The lowest BCUT2D eigenvalue weighted by atomic mass is 10.1. The van der Waals surface area contributed by atoms with Gasteiger partial charge in [-0.15, -0.1) is 0 Å². The molecule has 2 aromatic rings. The third-order valence-corrected chi connectivity index (χ3v) is 4.07. The standard InChI is InChI=1S/C16H20BrN3O2/c1-2-14-19-16(22-20-14)9-5-8-15(21)18-11-10-12-6-3-4-7-13(12)17/h3-4,6-7H,2,5,8-11H2,1H3,(H,18,21). The molecule has 1 aromatic heterocycles. The smallest absolute Gasteiger partial charge is 0.226 e. The molecule has 118 valence electrons. The molecular formula is C16H20BrN3O2. The van der Waals surface area contributed by atoms with Crippen molar-refractivity contribution in [3.05, 3.63) is 46.0 Å². The lowest BCUT2D eigenvalue weighted by Gasteiger charge is -2.06. The van der Waals surface area contributed by atoms with E-state index < -0.39 is 0 Å². The minimum Gasteiger partial charge on any atom is -0.356 e. The van der Waals surface area contributed by atoms with Crippen molar-refractivity contribution >= 4 is 21.8 Å². The van der Waals surface area contributed by atoms with Crippen molar-refractivity contribution in [1.29, 1.82) is 0 Å². The zero-order valence-corrected chi connectivity index (χ0v) is 14.2. The molecule has 1 aromatic carbocycles. The number of aromatic nitrogens is 2. The van der Waals surface area contributed by atoms with Crippen LogP contribution in [0.3, 0.4) is 0 Å². The summed E-state index contributed by atoms with van der Waals surface area (Å²) < 4.78 is 6.17. The van der Waals surface area contributed by atoms with Gasteiger partial charge in [0.1, 0.15) is 0 Å². The molecule has 0 aliphatic rings. The topological polar surface area (TPSA) is 68.0 Å². The fraction of sp³-hybridized carbons (Fsp3) is 0.438. The second kappa shape index (κ2) is 8.68. The van der Waals surface area contributed by atoms with Crippen molar-refractivity contribution in [3.63, 3.8) is 0 Å². The van der Waals surface area contributed by atoms with Gasteiger partial charge < -0.3 is 9.84 Å². The quantitative estimate of drug-likeness (QED) is 0.780. The van der Waals surface area contributed by atoms with E-state index in [2.05, 4.69) is 37.5 Å². The van der Waals surface area contributed by atoms with Gasteiger partial charge in [0.25, 0.3) is 0 Å². The minimum absolute atomic E-state index is 0.0577. The number of rotatable bonds is 8. The summed E-state index contributed by atoms with van der Waals surface area (Å²) >= 11 is 3.50. The van der Waals surface area contributed by atoms with E-state index in [1.165, 1.54) is 5.56 Å². The maximum Gasteiger partial charge on any atom is 0.226 e. The predicted molar refractivity (Wildman–Crippen MR) is 87.5 cm³/mol. The van der Waals surface area contributed by atoms with Gasteiger partial charge in [0.15, 0.2) is 5.82 Å². The second-order valence-electron chi connectivity index (χ2n) is 5.00. The van der Waals surface area contributed by atoms with Crippen molar-refractivity contribution in [1.82, 2.24) is 15.5 Å². The average Bonchev–Trinajstić information content (AvgIpc) is 2.97. The number of nitrogens with one attached hydrogen (secondary N) is 1. The zero-order chi connectivity index (χ0) is 15.8. The Bertz CT molecular complexity index is 613. The molecule has 0 fully saturated rings. The van der Waals surface area contributed by atoms with Gasteiger partial charge in [-0.3, -0.25) is 4.79 Å². The van der Waals surface area contributed by atoms with E-state index in [-0.39, 0.29) is 5.91 Å². The maximum absolute atomic E-state index is 11.8. The van der Waals surface area contributed by atoms with E-state index in [1.807, 2.05) is 25.1 Å². The van der Waals surface area contributed by atoms with Crippen LogP contribution in [0.15, 0.2) is 33.3 Å². The highest BCUT2D eigenvalue weighted by molar-refractivity contribution is 9.10. The molecule has 22 heavy (non-hydrogen) atoms. The molecule has 0 bridgehead atoms. The van der Waals surface area contributed by atoms with Crippen LogP contribution in [-0.2, 0) is 24.1 Å². The van der Waals surface area contributed by atoms with E-state index in [1.54, 1.807) is 0 Å². The molecule has 0 aliphatic carbocycles. The highest BCUT2D eigenvalue weighted by Crippen LogP contribution is 2.15. The minimum atomic E-state index is 0.0577. The third-order valence-electron chi connectivity index (χ3n) is 3.30. The van der Waals surface area contributed by atoms with Gasteiger partial charge in [-0.05, 0) is 24.5 Å². The lowest BCUT2D eigenvalue weighted by Crippen LogP contribution is -2.25. The van der Waals surface area contributed by atoms with Crippen LogP contribution in [0.2, 0.25) is 0 Å². The lowest BCUT2D eigenvalue weighted by molar-refractivity contribution is -0.121. The molecule has 5 nitrogen and oxygen atoms in total. The molecule has 6 heteroatoms. The van der Waals surface area contributed by atoms with Crippen LogP contribution in [0.4, 0.5) is 0 Å². The van der Waals surface area contributed by atoms with Crippen LogP contribution in [-0.4, -0.2) is 22.6 Å². The van der Waals surface area contributed by atoms with Gasteiger partial charge in [0, 0.05) is 30.3 Å². The summed E-state index contributed by atoms with van der Waals surface area (Å²) in [7, 11) is 0. The Morgan fingerprint density at radius 3 is 2.86 bits per heavy atom. The first-order valence-electron chi connectivity index (χ1n) is 7.50. The van der Waals surface area contributed by atoms with Gasteiger partial charge in [0.05, 0.1) is 0 Å². The van der Waals surface area contributed by atoms with Crippen LogP contribution in [0.5, 0.6) is 0 Å². The number of aryl methyl sites for hydroxylation is 2. The second-order valence-corrected chi connectivity index (χ2v) is 5.86. The molecule has 0 aliphatic heterocycles. The summed E-state index contributed by atoms with van der Waals surface area (Å²) in [5, 5.41) is 6.77. The van der Waals surface area contributed by atoms with Gasteiger partial charge in [-0.2, -0.15) is 4.98 Å². The number of nitrogens with zero attached hydrogens (tertiary/aromatic N) is 2. The first-order valence-corrected chi connectivity index (χ1v) is 8.30. The summed E-state index contributed by atoms with van der Waals surface area (Å²) in [6.07, 6.45) is 3.41. The summed E-state index contributed by atoms with van der Waals surface area (Å²) in [5.41, 5.74) is 1.20. The summed E-state index contributed by atoms with van der Waals surface area (Å²) in [5.74, 6) is 1.38. The fourth-order valence-corrected chi connectivity index (χ4v) is 2.54. The van der Waals surface area contributed by atoms with Crippen LogP contribution in [0.1, 0.15) is 37.0 Å². The maximum atomic E-state index is 11.8. The van der Waals surface area contributed by atoms with E-state index in [0.29, 0.717) is 37.5 Å². The van der Waals surface area contributed by atoms with Crippen LogP contribution >= 0.6 is 15.9 Å². The molecule has 2 rings (SSSR count). The molecule has 0 saturated carbocycles. The van der Waals surface area contributed by atoms with E-state index >= 15 is 0 Å². The number of carbonyl (C=O) groups excluding carboxylic acids is 1. The summed E-state index contributed by atoms with van der Waals surface area (Å²) in [6.45, 7) is 2.62. The van der Waals surface area contributed by atoms with Gasteiger partial charge in [0.2, 0.25) is 11.8 Å². The third kappa shape index (κ3) is 5.26. The Kier molecular flexibility index (Phi) is 6.58. The molecule has 0 atom stereocenters. The molecular weight excluding hydrogens is 346 g/mol. The van der Waals surface area contributed by atoms with E-state index in [4.69, 9.17) is 4.52 Å². The van der Waals surface area contributed by atoms with Gasteiger partial charge in [-0.1, -0.05) is 46.2 Å². The van der Waals surface area contributed by atoms with Gasteiger partial charge >= 0.3 is 0 Å². The highest BCUT2D eigenvalue weighted by Gasteiger charge is 2.07. The van der Waals surface area contributed by atoms with Crippen LogP contribution in [0, 0.1) is 0 Å². The summed E-state index contributed by atoms with van der Waals surface area (Å²) in [4.78, 5) is 16.0. The Morgan fingerprint density at radius 1 is 1.32 bits per heavy atom. The van der Waals surface area contributed by atoms with Crippen molar-refractivity contribution < 1.29 is 9.32 Å². The zero-order valence-electron chi connectivity index (χ0n) is 12.6. The molecule has 0 radical (unpaired) electrons. The predicted octanol–water partition coefficient (Wildman–Crippen LogP) is 3.08. The number of halogens is 1. The van der Waals surface area contributed by atoms with Crippen LogP contribution < -0.4 is 5.32 Å². The Balaban J connectivity index is 1.63. The first-order chi connectivity index (χ1) is 10.7. The molecule has 0 spiro atoms. The molecule has 0 saturated heterocycles. The molecule has 1 amide bonds. The summed E-state index contributed by atoms with van der Waals surface area (Å²) in [6, 6.07) is 8.04. The van der Waals surface area contributed by atoms with Gasteiger partial charge in [-0.25, -0.2) is 0 Å². The van der Waals surface area contributed by atoms with E-state index in [0.717, 1.165) is 17.3 Å². The van der Waals surface area contributed by atoms with Crippen LogP contribution in [0.25, 0.3) is 0 Å². The largest absolute Gasteiger partial charge is 0.356 e. The van der Waals surface area contributed by atoms with Crippen molar-refractivity contribution in [2.24, 2.45) is 0 Å². The highest BCUT2D eigenvalue weighted by atomic mass is 79.9. The SMILES string of the molecule is CCc1noc(CCCC(=O)NCCc2ccccc2Br)n1. The number of amides is 1. The number of hydrogen-bond acceptors (Lipinski definition) is 4. The van der Waals surface area contributed by atoms with Crippen molar-refractivity contribution in [2.75, 3.05) is 6.54 Å². The number of hydrogen-bond donors (Lipinski definition) is 1. The number of benzene rings is 1. The Labute approximate surface area is 138 Å². The first kappa shape index (κ1) is 16.7.